The van der Waals surface area contributed by atoms with Crippen molar-refractivity contribution >= 4 is 38.2 Å². The molecule has 4 aromatic rings. The van der Waals surface area contributed by atoms with Gasteiger partial charge >= 0.3 is 0 Å². The van der Waals surface area contributed by atoms with Gasteiger partial charge in [0.1, 0.15) is 0 Å². The Morgan fingerprint density at radius 2 is 1.61 bits per heavy atom. The monoisotopic (exact) mass is 431 g/mol. The lowest BCUT2D eigenvalue weighted by atomic mass is 10.2. The molecule has 1 aromatic heterocycles. The number of nitrogens with one attached hydrogen (secondary N) is 1. The predicted octanol–water partition coefficient (Wildman–Crippen LogP) is 4.62. The van der Waals surface area contributed by atoms with E-state index in [1.165, 1.54) is 11.4 Å². The van der Waals surface area contributed by atoms with Gasteiger partial charge in [-0.1, -0.05) is 35.9 Å². The highest BCUT2D eigenvalue weighted by atomic mass is 32.2. The van der Waals surface area contributed by atoms with E-state index < -0.39 is 10.0 Å². The van der Waals surface area contributed by atoms with Crippen LogP contribution < -0.4 is 9.62 Å². The second-order valence-electron chi connectivity index (χ2n) is 7.20. The number of hydrogen-bond acceptors (Lipinski definition) is 4. The maximum Gasteiger partial charge on any atom is 0.264 e. The summed E-state index contributed by atoms with van der Waals surface area (Å²) in [6.45, 7) is 1.90. The van der Waals surface area contributed by atoms with Crippen molar-refractivity contribution in [2.75, 3.05) is 16.7 Å². The van der Waals surface area contributed by atoms with Crippen LogP contribution in [-0.4, -0.2) is 26.4 Å². The van der Waals surface area contributed by atoms with Gasteiger partial charge in [0, 0.05) is 18.0 Å². The molecule has 0 aliphatic carbocycles. The molecule has 1 amide bonds. The number of anilines is 2. The van der Waals surface area contributed by atoms with Crippen LogP contribution in [0.1, 0.15) is 15.9 Å². The summed E-state index contributed by atoms with van der Waals surface area (Å²) in [7, 11) is -2.20. The van der Waals surface area contributed by atoms with Gasteiger partial charge in [-0.05, 0) is 55.5 Å². The number of benzene rings is 3. The summed E-state index contributed by atoms with van der Waals surface area (Å²) in [6.07, 6.45) is 1.61. The molecule has 0 radical (unpaired) electrons. The molecule has 0 spiro atoms. The first kappa shape index (κ1) is 20.6. The van der Waals surface area contributed by atoms with Crippen LogP contribution >= 0.6 is 0 Å². The van der Waals surface area contributed by atoms with Gasteiger partial charge in [0.2, 0.25) is 0 Å². The van der Waals surface area contributed by atoms with E-state index in [9.17, 15) is 13.2 Å². The number of nitrogens with zero attached hydrogens (tertiary/aromatic N) is 2. The van der Waals surface area contributed by atoms with Gasteiger partial charge in [-0.2, -0.15) is 0 Å². The molecule has 0 saturated heterocycles. The Bertz CT molecular complexity index is 1350. The number of amides is 1. The molecule has 7 heteroatoms. The zero-order valence-corrected chi connectivity index (χ0v) is 17.9. The second-order valence-corrected chi connectivity index (χ2v) is 9.17. The van der Waals surface area contributed by atoms with Crippen LogP contribution in [0.15, 0.2) is 90.0 Å². The summed E-state index contributed by atoms with van der Waals surface area (Å²) in [6, 6.07) is 22.6. The lowest BCUT2D eigenvalue weighted by Gasteiger charge is -2.20. The minimum atomic E-state index is -3.69. The van der Waals surface area contributed by atoms with E-state index >= 15 is 0 Å². The number of pyridine rings is 1. The first-order valence-corrected chi connectivity index (χ1v) is 11.1. The molecule has 0 saturated carbocycles. The van der Waals surface area contributed by atoms with Gasteiger partial charge in [0.15, 0.2) is 0 Å². The number of aromatic nitrogens is 1. The lowest BCUT2D eigenvalue weighted by molar-refractivity contribution is 0.102. The van der Waals surface area contributed by atoms with Gasteiger partial charge in [0.25, 0.3) is 15.9 Å². The fourth-order valence-corrected chi connectivity index (χ4v) is 4.37. The minimum absolute atomic E-state index is 0.214. The number of carbonyl (C=O) groups excluding carboxylic acids is 1. The Balaban J connectivity index is 1.51. The summed E-state index contributed by atoms with van der Waals surface area (Å²) in [5.74, 6) is -0.298. The lowest BCUT2D eigenvalue weighted by Crippen LogP contribution is -2.26. The van der Waals surface area contributed by atoms with Crippen molar-refractivity contribution in [2.45, 2.75) is 11.8 Å². The van der Waals surface area contributed by atoms with Crippen LogP contribution in [0.4, 0.5) is 11.4 Å². The van der Waals surface area contributed by atoms with E-state index in [2.05, 4.69) is 10.3 Å². The molecule has 0 unspecified atom stereocenters. The Hall–Kier alpha value is -3.71. The smallest absolute Gasteiger partial charge is 0.264 e. The Morgan fingerprint density at radius 1 is 0.935 bits per heavy atom. The summed E-state index contributed by atoms with van der Waals surface area (Å²) in [5, 5.41) is 3.76. The van der Waals surface area contributed by atoms with E-state index in [1.807, 2.05) is 37.3 Å². The van der Waals surface area contributed by atoms with Gasteiger partial charge in [-0.3, -0.25) is 14.1 Å². The molecular formula is C24H21N3O3S. The number of fused-ring (bicyclic) bond motifs is 1. The van der Waals surface area contributed by atoms with Crippen LogP contribution in [-0.2, 0) is 10.0 Å². The van der Waals surface area contributed by atoms with Crippen molar-refractivity contribution in [1.82, 2.24) is 4.98 Å². The molecule has 156 valence electrons. The van der Waals surface area contributed by atoms with Crippen LogP contribution in [0.3, 0.4) is 0 Å². The van der Waals surface area contributed by atoms with Crippen LogP contribution in [0.25, 0.3) is 10.9 Å². The quantitative estimate of drug-likeness (QED) is 0.500. The number of carbonyl (C=O) groups is 1. The van der Waals surface area contributed by atoms with Crippen molar-refractivity contribution in [3.8, 4) is 0 Å². The van der Waals surface area contributed by atoms with E-state index in [-0.39, 0.29) is 10.8 Å². The number of sulfonamides is 1. The van der Waals surface area contributed by atoms with Crippen molar-refractivity contribution < 1.29 is 13.2 Å². The Kier molecular flexibility index (Phi) is 5.44. The molecule has 0 atom stereocenters. The third kappa shape index (κ3) is 4.27. The summed E-state index contributed by atoms with van der Waals surface area (Å²) in [5.41, 5.74) is 3.30. The van der Waals surface area contributed by atoms with Crippen molar-refractivity contribution in [3.63, 3.8) is 0 Å². The Morgan fingerprint density at radius 3 is 2.32 bits per heavy atom. The minimum Gasteiger partial charge on any atom is -0.321 e. The molecule has 31 heavy (non-hydrogen) atoms. The third-order valence-corrected chi connectivity index (χ3v) is 6.82. The van der Waals surface area contributed by atoms with E-state index in [0.29, 0.717) is 16.9 Å². The second kappa shape index (κ2) is 8.20. The molecule has 3 aromatic carbocycles. The highest BCUT2D eigenvalue weighted by molar-refractivity contribution is 7.92. The predicted molar refractivity (Wildman–Crippen MR) is 123 cm³/mol. The molecule has 1 N–H and O–H groups in total. The van der Waals surface area contributed by atoms with Crippen LogP contribution in [0.5, 0.6) is 0 Å². The maximum atomic E-state index is 12.9. The molecular weight excluding hydrogens is 410 g/mol. The zero-order valence-electron chi connectivity index (χ0n) is 17.1. The number of para-hydroxylation sites is 1. The maximum absolute atomic E-state index is 12.9. The average Bonchev–Trinajstić information content (AvgIpc) is 2.79. The van der Waals surface area contributed by atoms with Crippen molar-refractivity contribution in [2.24, 2.45) is 0 Å². The van der Waals surface area contributed by atoms with Gasteiger partial charge in [0.05, 0.1) is 28.0 Å². The standard InChI is InChI=1S/C24H21N3O3S/c1-17-7-13-22(14-8-17)31(29,30)27(2)21-11-9-18(10-12-21)24(28)26-20-15-19-5-3-4-6-23(19)25-16-20/h3-16H,1-2H3,(H,26,28). The molecule has 4 rings (SSSR count). The molecule has 0 fully saturated rings. The fourth-order valence-electron chi connectivity index (χ4n) is 3.17. The van der Waals surface area contributed by atoms with Gasteiger partial charge in [-0.15, -0.1) is 0 Å². The normalized spacial score (nSPS) is 11.3. The largest absolute Gasteiger partial charge is 0.321 e. The first-order chi connectivity index (χ1) is 14.8. The van der Waals surface area contributed by atoms with Crippen molar-refractivity contribution in [1.29, 1.82) is 0 Å². The Labute approximate surface area is 181 Å². The molecule has 0 bridgehead atoms. The highest BCUT2D eigenvalue weighted by Crippen LogP contribution is 2.23. The summed E-state index contributed by atoms with van der Waals surface area (Å²) < 4.78 is 26.9. The molecule has 0 aliphatic heterocycles. The van der Waals surface area contributed by atoms with E-state index in [1.54, 1.807) is 54.7 Å². The summed E-state index contributed by atoms with van der Waals surface area (Å²) >= 11 is 0. The number of rotatable bonds is 5. The van der Waals surface area contributed by atoms with Crippen LogP contribution in [0.2, 0.25) is 0 Å². The first-order valence-electron chi connectivity index (χ1n) is 9.66. The number of hydrogen-bond donors (Lipinski definition) is 1. The molecule has 6 nitrogen and oxygen atoms in total. The fraction of sp³-hybridized carbons (Fsp3) is 0.0833. The molecule has 1 heterocycles. The topological polar surface area (TPSA) is 79.4 Å². The van der Waals surface area contributed by atoms with Crippen molar-refractivity contribution in [3.05, 3.63) is 96.2 Å². The van der Waals surface area contributed by atoms with Gasteiger partial charge in [-0.25, -0.2) is 8.42 Å². The zero-order chi connectivity index (χ0) is 22.0. The van der Waals surface area contributed by atoms with E-state index in [4.69, 9.17) is 0 Å². The van der Waals surface area contributed by atoms with E-state index in [0.717, 1.165) is 16.5 Å². The SMILES string of the molecule is Cc1ccc(S(=O)(=O)N(C)c2ccc(C(=O)Nc3cnc4ccccc4c3)cc2)cc1. The molecule has 0 aliphatic rings. The van der Waals surface area contributed by atoms with Crippen LogP contribution in [0, 0.1) is 6.92 Å². The highest BCUT2D eigenvalue weighted by Gasteiger charge is 2.21. The third-order valence-electron chi connectivity index (χ3n) is 5.02. The van der Waals surface area contributed by atoms with Gasteiger partial charge < -0.3 is 5.32 Å². The average molecular weight is 432 g/mol. The summed E-state index contributed by atoms with van der Waals surface area (Å²) in [4.78, 5) is 17.2. The number of aryl methyl sites for hydroxylation is 1.